The number of benzene rings is 1. The predicted molar refractivity (Wildman–Crippen MR) is 85.4 cm³/mol. The van der Waals surface area contributed by atoms with Crippen molar-refractivity contribution in [2.24, 2.45) is 11.1 Å². The zero-order valence-electron chi connectivity index (χ0n) is 12.9. The number of nitrogens with two attached hydrogens (primary N) is 1. The summed E-state index contributed by atoms with van der Waals surface area (Å²) >= 11 is 1.33. The van der Waals surface area contributed by atoms with Crippen molar-refractivity contribution in [1.29, 1.82) is 0 Å². The summed E-state index contributed by atoms with van der Waals surface area (Å²) in [4.78, 5) is 15.2. The molecule has 0 saturated carbocycles. The van der Waals surface area contributed by atoms with Gasteiger partial charge in [0.1, 0.15) is 5.01 Å². The summed E-state index contributed by atoms with van der Waals surface area (Å²) in [5, 5.41) is 2.40. The number of hydrogen-bond acceptors (Lipinski definition) is 4. The van der Waals surface area contributed by atoms with Crippen molar-refractivity contribution in [3.63, 3.8) is 0 Å². The van der Waals surface area contributed by atoms with Gasteiger partial charge in [0.2, 0.25) is 5.91 Å². The molecule has 0 aliphatic heterocycles. The monoisotopic (exact) mass is 322 g/mol. The fourth-order valence-corrected chi connectivity index (χ4v) is 2.56. The number of thiazole rings is 1. The second kappa shape index (κ2) is 6.44. The molecule has 0 unspecified atom stereocenters. The first-order chi connectivity index (χ1) is 10.2. The van der Waals surface area contributed by atoms with Gasteiger partial charge < -0.3 is 10.5 Å². The number of halogens is 1. The van der Waals surface area contributed by atoms with Crippen LogP contribution in [0.4, 0.5) is 4.39 Å². The van der Waals surface area contributed by atoms with Crippen LogP contribution in [0.2, 0.25) is 0 Å². The molecule has 0 atom stereocenters. The van der Waals surface area contributed by atoms with Crippen LogP contribution in [0.3, 0.4) is 0 Å². The van der Waals surface area contributed by atoms with Gasteiger partial charge in [-0.3, -0.25) is 4.79 Å². The number of hydrogen-bond donors (Lipinski definition) is 1. The third kappa shape index (κ3) is 4.53. The molecule has 1 amide bonds. The largest absolute Gasteiger partial charge is 0.490 e. The minimum absolute atomic E-state index is 0.0380. The highest BCUT2D eigenvalue weighted by molar-refractivity contribution is 7.10. The Hall–Kier alpha value is -1.95. The first-order valence-electron chi connectivity index (χ1n) is 6.90. The SMILES string of the molecule is CC(C)(C)COc1ccc(-c2csc(CC(N)=O)n2)cc1F. The number of primary amides is 1. The van der Waals surface area contributed by atoms with Crippen molar-refractivity contribution >= 4 is 17.2 Å². The number of carbonyl (C=O) groups excluding carboxylic acids is 1. The Kier molecular flexibility index (Phi) is 4.81. The van der Waals surface area contributed by atoms with Gasteiger partial charge in [-0.05, 0) is 23.6 Å². The van der Waals surface area contributed by atoms with Crippen molar-refractivity contribution in [2.45, 2.75) is 27.2 Å². The van der Waals surface area contributed by atoms with Crippen LogP contribution in [-0.2, 0) is 11.2 Å². The van der Waals surface area contributed by atoms with E-state index in [9.17, 15) is 9.18 Å². The van der Waals surface area contributed by atoms with Crippen LogP contribution < -0.4 is 10.5 Å². The lowest BCUT2D eigenvalue weighted by Gasteiger charge is -2.19. The van der Waals surface area contributed by atoms with Gasteiger partial charge in [-0.2, -0.15) is 0 Å². The van der Waals surface area contributed by atoms with E-state index in [0.29, 0.717) is 22.9 Å². The highest BCUT2D eigenvalue weighted by Gasteiger charge is 2.14. The highest BCUT2D eigenvalue weighted by Crippen LogP contribution is 2.28. The Balaban J connectivity index is 2.15. The molecule has 2 aromatic rings. The Bertz CT molecular complexity index is 677. The van der Waals surface area contributed by atoms with E-state index in [2.05, 4.69) is 4.98 Å². The Morgan fingerprint density at radius 2 is 2.14 bits per heavy atom. The molecule has 0 radical (unpaired) electrons. The van der Waals surface area contributed by atoms with E-state index < -0.39 is 11.7 Å². The normalized spacial score (nSPS) is 11.5. The van der Waals surface area contributed by atoms with Crippen LogP contribution in [-0.4, -0.2) is 17.5 Å². The van der Waals surface area contributed by atoms with Gasteiger partial charge in [-0.1, -0.05) is 20.8 Å². The summed E-state index contributed by atoms with van der Waals surface area (Å²) in [6.07, 6.45) is 0.0971. The third-order valence-electron chi connectivity index (χ3n) is 2.77. The molecule has 0 spiro atoms. The first-order valence-corrected chi connectivity index (χ1v) is 7.78. The van der Waals surface area contributed by atoms with Crippen LogP contribution in [0.5, 0.6) is 5.75 Å². The van der Waals surface area contributed by atoms with Gasteiger partial charge in [-0.25, -0.2) is 9.37 Å². The number of rotatable bonds is 5. The maximum absolute atomic E-state index is 14.1. The van der Waals surface area contributed by atoms with Crippen molar-refractivity contribution in [3.05, 3.63) is 34.4 Å². The summed E-state index contributed by atoms with van der Waals surface area (Å²) < 4.78 is 19.6. The van der Waals surface area contributed by atoms with Gasteiger partial charge in [0, 0.05) is 10.9 Å². The fourth-order valence-electron chi connectivity index (χ4n) is 1.75. The number of carbonyl (C=O) groups is 1. The van der Waals surface area contributed by atoms with Gasteiger partial charge in [0.15, 0.2) is 11.6 Å². The topological polar surface area (TPSA) is 65.2 Å². The molecule has 1 aromatic heterocycles. The minimum atomic E-state index is -0.432. The van der Waals surface area contributed by atoms with E-state index in [0.717, 1.165) is 0 Å². The summed E-state index contributed by atoms with van der Waals surface area (Å²) in [5.74, 6) is -0.629. The lowest BCUT2D eigenvalue weighted by molar-refractivity contribution is -0.117. The second-order valence-electron chi connectivity index (χ2n) is 6.26. The summed E-state index contributed by atoms with van der Waals surface area (Å²) in [6, 6.07) is 4.74. The predicted octanol–water partition coefficient (Wildman–Crippen LogP) is 3.40. The van der Waals surface area contributed by atoms with Crippen molar-refractivity contribution in [1.82, 2.24) is 4.98 Å². The fraction of sp³-hybridized carbons (Fsp3) is 0.375. The van der Waals surface area contributed by atoms with Gasteiger partial charge in [0.05, 0.1) is 18.7 Å². The summed E-state index contributed by atoms with van der Waals surface area (Å²) in [7, 11) is 0. The molecule has 0 aliphatic rings. The van der Waals surface area contributed by atoms with E-state index >= 15 is 0 Å². The Morgan fingerprint density at radius 1 is 1.41 bits per heavy atom. The maximum atomic E-state index is 14.1. The van der Waals surface area contributed by atoms with E-state index in [1.807, 2.05) is 20.8 Å². The Morgan fingerprint density at radius 3 is 2.73 bits per heavy atom. The number of amides is 1. The molecular formula is C16H19FN2O2S. The molecule has 0 bridgehead atoms. The third-order valence-corrected chi connectivity index (χ3v) is 3.61. The van der Waals surface area contributed by atoms with E-state index in [4.69, 9.17) is 10.5 Å². The molecule has 4 nitrogen and oxygen atoms in total. The lowest BCUT2D eigenvalue weighted by Crippen LogP contribution is -2.17. The molecular weight excluding hydrogens is 303 g/mol. The Labute approximate surface area is 133 Å². The molecule has 1 aromatic carbocycles. The van der Waals surface area contributed by atoms with E-state index in [-0.39, 0.29) is 17.6 Å². The lowest BCUT2D eigenvalue weighted by atomic mass is 9.99. The summed E-state index contributed by atoms with van der Waals surface area (Å²) in [6.45, 7) is 6.50. The molecule has 22 heavy (non-hydrogen) atoms. The van der Waals surface area contributed by atoms with Gasteiger partial charge in [-0.15, -0.1) is 11.3 Å². The van der Waals surface area contributed by atoms with Crippen LogP contribution in [0.1, 0.15) is 25.8 Å². The number of aromatic nitrogens is 1. The highest BCUT2D eigenvalue weighted by atomic mass is 32.1. The standard InChI is InChI=1S/C16H19FN2O2S/c1-16(2,3)9-21-13-5-4-10(6-11(13)17)12-8-22-15(19-12)7-14(18)20/h4-6,8H,7,9H2,1-3H3,(H2,18,20). The number of nitrogens with zero attached hydrogens (tertiary/aromatic N) is 1. The van der Waals surface area contributed by atoms with Crippen LogP contribution in [0.25, 0.3) is 11.3 Å². The van der Waals surface area contributed by atoms with Crippen molar-refractivity contribution in [3.8, 4) is 17.0 Å². The first kappa shape index (κ1) is 16.4. The van der Waals surface area contributed by atoms with Crippen LogP contribution in [0.15, 0.2) is 23.6 Å². The zero-order valence-corrected chi connectivity index (χ0v) is 13.7. The number of ether oxygens (including phenoxy) is 1. The summed E-state index contributed by atoms with van der Waals surface area (Å²) in [5.41, 5.74) is 6.37. The van der Waals surface area contributed by atoms with Gasteiger partial charge >= 0.3 is 0 Å². The quantitative estimate of drug-likeness (QED) is 0.917. The molecule has 2 N–H and O–H groups in total. The molecule has 118 valence electrons. The molecule has 2 rings (SSSR count). The molecule has 0 saturated heterocycles. The molecule has 6 heteroatoms. The van der Waals surface area contributed by atoms with Gasteiger partial charge in [0.25, 0.3) is 0 Å². The maximum Gasteiger partial charge on any atom is 0.224 e. The average molecular weight is 322 g/mol. The zero-order chi connectivity index (χ0) is 16.3. The van der Waals surface area contributed by atoms with Crippen molar-refractivity contribution < 1.29 is 13.9 Å². The van der Waals surface area contributed by atoms with E-state index in [1.165, 1.54) is 17.4 Å². The van der Waals surface area contributed by atoms with Crippen molar-refractivity contribution in [2.75, 3.05) is 6.61 Å². The molecule has 0 fully saturated rings. The average Bonchev–Trinajstić information content (AvgIpc) is 2.83. The second-order valence-corrected chi connectivity index (χ2v) is 7.21. The molecule has 0 aliphatic carbocycles. The van der Waals surface area contributed by atoms with Crippen LogP contribution >= 0.6 is 11.3 Å². The molecule has 1 heterocycles. The van der Waals surface area contributed by atoms with Crippen LogP contribution in [0, 0.1) is 11.2 Å². The smallest absolute Gasteiger partial charge is 0.224 e. The minimum Gasteiger partial charge on any atom is -0.490 e. The van der Waals surface area contributed by atoms with E-state index in [1.54, 1.807) is 17.5 Å².